The van der Waals surface area contributed by atoms with Gasteiger partial charge in [0.15, 0.2) is 0 Å². The van der Waals surface area contributed by atoms with Crippen molar-refractivity contribution < 1.29 is 0 Å². The topological polar surface area (TPSA) is 6.48 Å². The molecule has 0 aliphatic heterocycles. The van der Waals surface area contributed by atoms with Crippen LogP contribution in [0.5, 0.6) is 0 Å². The Bertz CT molecular complexity index is 3550. The van der Waals surface area contributed by atoms with E-state index in [0.29, 0.717) is 0 Å². The van der Waals surface area contributed by atoms with Gasteiger partial charge in [0, 0.05) is 34.0 Å². The number of nitrogens with zero attached hydrogens (tertiary/aromatic N) is 2. The van der Waals surface area contributed by atoms with E-state index in [0.717, 1.165) is 34.1 Å². The molecule has 0 heterocycles. The smallest absolute Gasteiger partial charge is 0.0726 e. The van der Waals surface area contributed by atoms with E-state index in [1.807, 2.05) is 0 Å². The fourth-order valence-electron chi connectivity index (χ4n) is 11.2. The predicted molar refractivity (Wildman–Crippen MR) is 280 cm³/mol. The third-order valence-electron chi connectivity index (χ3n) is 14.1. The Hall–Kier alpha value is -8.72. The highest BCUT2D eigenvalue weighted by molar-refractivity contribution is 6.05. The van der Waals surface area contributed by atoms with Crippen LogP contribution in [0.3, 0.4) is 0 Å². The van der Waals surface area contributed by atoms with Crippen LogP contribution >= 0.6 is 0 Å². The maximum absolute atomic E-state index is 2.47. The largest absolute Gasteiger partial charge is 0.310 e. The molecule has 0 N–H and O–H groups in total. The van der Waals surface area contributed by atoms with Gasteiger partial charge in [0.05, 0.1) is 11.1 Å². The molecule has 0 radical (unpaired) electrons. The summed E-state index contributed by atoms with van der Waals surface area (Å²) in [4.78, 5) is 4.84. The van der Waals surface area contributed by atoms with E-state index in [2.05, 4.69) is 277 Å². The first-order chi connectivity index (χ1) is 33.3. The van der Waals surface area contributed by atoms with Crippen molar-refractivity contribution in [1.82, 2.24) is 0 Å². The maximum atomic E-state index is 2.47. The summed E-state index contributed by atoms with van der Waals surface area (Å²) in [6.45, 7) is 0. The molecule has 1 spiro atoms. The van der Waals surface area contributed by atoms with Gasteiger partial charge in [-0.3, -0.25) is 0 Å². The van der Waals surface area contributed by atoms with Gasteiger partial charge in [-0.15, -0.1) is 0 Å². The average molecular weight is 853 g/mol. The minimum absolute atomic E-state index is 0.436. The average Bonchev–Trinajstić information content (AvgIpc) is 3.87. The minimum Gasteiger partial charge on any atom is -0.310 e. The lowest BCUT2D eigenvalue weighted by atomic mass is 9.70. The van der Waals surface area contributed by atoms with E-state index in [-0.39, 0.29) is 0 Å². The highest BCUT2D eigenvalue weighted by Crippen LogP contribution is 2.63. The summed E-state index contributed by atoms with van der Waals surface area (Å²) >= 11 is 0. The lowest BCUT2D eigenvalue weighted by Crippen LogP contribution is -2.26. The number of anilines is 6. The van der Waals surface area contributed by atoms with Crippen LogP contribution in [0.15, 0.2) is 267 Å². The molecule has 0 saturated carbocycles. The van der Waals surface area contributed by atoms with E-state index >= 15 is 0 Å². The van der Waals surface area contributed by atoms with Crippen molar-refractivity contribution in [2.75, 3.05) is 9.80 Å². The monoisotopic (exact) mass is 852 g/mol. The van der Waals surface area contributed by atoms with Crippen molar-refractivity contribution >= 4 is 44.9 Å². The van der Waals surface area contributed by atoms with E-state index in [4.69, 9.17) is 0 Å². The van der Waals surface area contributed by atoms with Gasteiger partial charge >= 0.3 is 0 Å². The minimum atomic E-state index is -0.436. The van der Waals surface area contributed by atoms with Crippen LogP contribution in [0.2, 0.25) is 0 Å². The zero-order valence-corrected chi connectivity index (χ0v) is 36.8. The van der Waals surface area contributed by atoms with Gasteiger partial charge in [-0.1, -0.05) is 200 Å². The summed E-state index contributed by atoms with van der Waals surface area (Å²) in [5, 5.41) is 2.43. The second kappa shape index (κ2) is 15.8. The third-order valence-corrected chi connectivity index (χ3v) is 14.1. The molecule has 0 saturated heterocycles. The van der Waals surface area contributed by atoms with Crippen molar-refractivity contribution in [3.63, 3.8) is 0 Å². The Morgan fingerprint density at radius 2 is 0.672 bits per heavy atom. The molecule has 0 bridgehead atoms. The molecular formula is C65H44N2. The normalized spacial score (nSPS) is 12.6. The van der Waals surface area contributed by atoms with Gasteiger partial charge < -0.3 is 9.80 Å². The second-order valence-electron chi connectivity index (χ2n) is 17.6. The van der Waals surface area contributed by atoms with Crippen LogP contribution in [0, 0.1) is 0 Å². The molecule has 0 aromatic heterocycles. The van der Waals surface area contributed by atoms with E-state index < -0.39 is 5.41 Å². The molecule has 2 aliphatic rings. The van der Waals surface area contributed by atoms with Crippen LogP contribution in [0.4, 0.5) is 34.1 Å². The lowest BCUT2D eigenvalue weighted by molar-refractivity contribution is 0.793. The van der Waals surface area contributed by atoms with Crippen LogP contribution in [0.1, 0.15) is 22.3 Å². The molecule has 0 atom stereocenters. The Kier molecular flexibility index (Phi) is 9.11. The first-order valence-corrected chi connectivity index (χ1v) is 23.2. The van der Waals surface area contributed by atoms with E-state index in [9.17, 15) is 0 Å². The predicted octanol–water partition coefficient (Wildman–Crippen LogP) is 17.5. The number of para-hydroxylation sites is 1. The van der Waals surface area contributed by atoms with Gasteiger partial charge in [0.25, 0.3) is 0 Å². The summed E-state index contributed by atoms with van der Waals surface area (Å²) in [6, 6.07) is 97.9. The lowest BCUT2D eigenvalue weighted by Gasteiger charge is -2.32. The first kappa shape index (κ1) is 38.7. The number of fused-ring (bicyclic) bond motifs is 11. The molecule has 0 fully saturated rings. The Labute approximate surface area is 391 Å². The third kappa shape index (κ3) is 6.11. The first-order valence-electron chi connectivity index (χ1n) is 23.2. The van der Waals surface area contributed by atoms with E-state index in [1.165, 1.54) is 77.5 Å². The van der Waals surface area contributed by atoms with Crippen LogP contribution in [-0.2, 0) is 5.41 Å². The maximum Gasteiger partial charge on any atom is 0.0726 e. The van der Waals surface area contributed by atoms with Crippen molar-refractivity contribution in [1.29, 1.82) is 0 Å². The summed E-state index contributed by atoms with van der Waals surface area (Å²) in [5.74, 6) is 0. The molecular weight excluding hydrogens is 809 g/mol. The van der Waals surface area contributed by atoms with Gasteiger partial charge in [-0.2, -0.15) is 0 Å². The van der Waals surface area contributed by atoms with Crippen LogP contribution in [-0.4, -0.2) is 0 Å². The summed E-state index contributed by atoms with van der Waals surface area (Å²) in [5.41, 5.74) is 21.4. The second-order valence-corrected chi connectivity index (χ2v) is 17.6. The van der Waals surface area contributed by atoms with Crippen molar-refractivity contribution in [3.05, 3.63) is 289 Å². The molecule has 67 heavy (non-hydrogen) atoms. The highest BCUT2D eigenvalue weighted by atomic mass is 15.2. The SMILES string of the molecule is c1ccc(-c2ccc(N(c3ccc(N(c4ccccc4)c4ccc5c(c4)C4(c6ccccc6-c6ccccc64)c4ccccc4-5)cc3)c3ccc4ccccc4c3-c3ccccc3)cc2)cc1. The number of hydrogen-bond acceptors (Lipinski definition) is 2. The molecule has 13 rings (SSSR count). The number of rotatable bonds is 8. The molecule has 314 valence electrons. The standard InChI is InChI=1S/C65H44N2/c1-4-18-45(19-5-1)46-32-35-51(36-33-46)67(63-43-34-47-20-10-11-25-54(47)64(63)48-21-6-2-7-22-48)52-39-37-50(38-40-52)66(49-23-8-3-9-24-49)53-41-42-58-57-28-14-17-31-61(57)65(62(58)44-53)59-29-15-12-26-55(59)56-27-13-16-30-60(56)65/h1-44H. The Morgan fingerprint density at radius 1 is 0.254 bits per heavy atom. The fourth-order valence-corrected chi connectivity index (χ4v) is 11.2. The molecule has 2 heteroatoms. The van der Waals surface area contributed by atoms with Gasteiger partial charge in [-0.05, 0) is 139 Å². The van der Waals surface area contributed by atoms with Crippen LogP contribution in [0.25, 0.3) is 55.3 Å². The summed E-state index contributed by atoms with van der Waals surface area (Å²) in [7, 11) is 0. The van der Waals surface area contributed by atoms with Gasteiger partial charge in [0.2, 0.25) is 0 Å². The Morgan fingerprint density at radius 3 is 1.27 bits per heavy atom. The zero-order valence-electron chi connectivity index (χ0n) is 36.8. The quantitative estimate of drug-likeness (QED) is 0.150. The zero-order chi connectivity index (χ0) is 44.3. The molecule has 11 aromatic rings. The van der Waals surface area contributed by atoms with Crippen molar-refractivity contribution in [3.8, 4) is 44.5 Å². The van der Waals surface area contributed by atoms with Crippen molar-refractivity contribution in [2.45, 2.75) is 5.41 Å². The number of hydrogen-bond donors (Lipinski definition) is 0. The molecule has 0 unspecified atom stereocenters. The van der Waals surface area contributed by atoms with Gasteiger partial charge in [0.1, 0.15) is 0 Å². The van der Waals surface area contributed by atoms with Crippen molar-refractivity contribution in [2.24, 2.45) is 0 Å². The van der Waals surface area contributed by atoms with Gasteiger partial charge in [-0.25, -0.2) is 0 Å². The molecule has 11 aromatic carbocycles. The molecule has 0 amide bonds. The summed E-state index contributed by atoms with van der Waals surface area (Å²) in [6.07, 6.45) is 0. The highest BCUT2D eigenvalue weighted by Gasteiger charge is 2.51. The fraction of sp³-hybridized carbons (Fsp3) is 0.0154. The summed E-state index contributed by atoms with van der Waals surface area (Å²) < 4.78 is 0. The van der Waals surface area contributed by atoms with E-state index in [1.54, 1.807) is 0 Å². The number of benzene rings is 11. The molecule has 2 nitrogen and oxygen atoms in total. The van der Waals surface area contributed by atoms with Crippen LogP contribution < -0.4 is 9.80 Å². The molecule has 2 aliphatic carbocycles. The Balaban J connectivity index is 0.983.